The highest BCUT2D eigenvalue weighted by Crippen LogP contribution is 2.45. The molecule has 1 N–H and O–H groups in total. The maximum Gasteiger partial charge on any atom is 0.251 e. The number of aryl methyl sites for hydroxylation is 1. The Morgan fingerprint density at radius 1 is 1.17 bits per heavy atom. The van der Waals surface area contributed by atoms with E-state index in [1.54, 1.807) is 11.3 Å². The first-order valence-electron chi connectivity index (χ1n) is 12.3. The van der Waals surface area contributed by atoms with Crippen molar-refractivity contribution < 1.29 is 18.0 Å². The number of piperidine rings is 1. The fourth-order valence-electron chi connectivity index (χ4n) is 5.27. The highest BCUT2D eigenvalue weighted by molar-refractivity contribution is 7.15. The number of thiazole rings is 1. The predicted molar refractivity (Wildman–Crippen MR) is 129 cm³/mol. The van der Waals surface area contributed by atoms with E-state index < -0.39 is 23.6 Å². The molecule has 186 valence electrons. The zero-order valence-electron chi connectivity index (χ0n) is 19.7. The van der Waals surface area contributed by atoms with Crippen LogP contribution in [0.5, 0.6) is 0 Å². The first-order valence-corrected chi connectivity index (χ1v) is 13.1. The Bertz CT molecular complexity index is 1130. The van der Waals surface area contributed by atoms with Crippen molar-refractivity contribution in [2.45, 2.75) is 75.4 Å². The lowest BCUT2D eigenvalue weighted by molar-refractivity contribution is -0.128. The van der Waals surface area contributed by atoms with Crippen LogP contribution in [0.25, 0.3) is 10.4 Å². The molecule has 5 nitrogen and oxygen atoms in total. The molecule has 35 heavy (non-hydrogen) atoms. The Morgan fingerprint density at radius 3 is 2.49 bits per heavy atom. The number of hydrogen-bond acceptors (Lipinski definition) is 5. The van der Waals surface area contributed by atoms with E-state index in [1.165, 1.54) is 0 Å². The summed E-state index contributed by atoms with van der Waals surface area (Å²) in [6, 6.07) is 10.0. The van der Waals surface area contributed by atoms with Crippen molar-refractivity contribution in [3.8, 4) is 16.5 Å². The molecule has 1 amide bonds. The molecule has 0 radical (unpaired) electrons. The van der Waals surface area contributed by atoms with E-state index in [2.05, 4.69) is 11.4 Å². The van der Waals surface area contributed by atoms with Gasteiger partial charge in [-0.25, -0.2) is 18.2 Å². The van der Waals surface area contributed by atoms with Gasteiger partial charge in [0.25, 0.3) is 5.92 Å². The van der Waals surface area contributed by atoms with Crippen LogP contribution in [0.15, 0.2) is 24.3 Å². The second-order valence-corrected chi connectivity index (χ2v) is 11.3. The van der Waals surface area contributed by atoms with Crippen LogP contribution in [0.4, 0.5) is 18.9 Å². The fraction of sp³-hybridized carbons (Fsp3) is 0.577. The summed E-state index contributed by atoms with van der Waals surface area (Å²) in [6.07, 6.45) is 0.982. The van der Waals surface area contributed by atoms with Crippen LogP contribution in [0.2, 0.25) is 0 Å². The third kappa shape index (κ3) is 5.04. The van der Waals surface area contributed by atoms with Crippen molar-refractivity contribution in [1.82, 2.24) is 10.3 Å². The number of carbonyl (C=O) groups is 1. The van der Waals surface area contributed by atoms with Gasteiger partial charge in [-0.15, -0.1) is 11.3 Å². The van der Waals surface area contributed by atoms with Gasteiger partial charge < -0.3 is 10.2 Å². The lowest BCUT2D eigenvalue weighted by Gasteiger charge is -2.33. The molecule has 2 aliphatic carbocycles. The Kier molecular flexibility index (Phi) is 6.28. The first kappa shape index (κ1) is 24.1. The predicted octanol–water partition coefficient (Wildman–Crippen LogP) is 5.75. The molecule has 3 atom stereocenters. The lowest BCUT2D eigenvalue weighted by Crippen LogP contribution is -2.44. The largest absolute Gasteiger partial charge is 0.371 e. The number of halogens is 3. The topological polar surface area (TPSA) is 69.0 Å². The van der Waals surface area contributed by atoms with E-state index in [1.807, 2.05) is 36.1 Å². The van der Waals surface area contributed by atoms with E-state index in [0.29, 0.717) is 38.8 Å². The van der Waals surface area contributed by atoms with Gasteiger partial charge in [-0.1, -0.05) is 12.1 Å². The van der Waals surface area contributed by atoms with E-state index in [4.69, 9.17) is 4.98 Å². The standard InChI is InChI=1S/C26H29F3N4OS/c1-16-31-22(20-7-4-18(27)14-21(20)24(34)32-25(15-30)8-9-25)23(35-16)17-2-5-19(6-3-17)33-12-10-26(28,29)11-13-33/h2-3,5-6,18,20-21H,4,7-14H2,1H3,(H,32,34). The van der Waals surface area contributed by atoms with Crippen molar-refractivity contribution in [3.63, 3.8) is 0 Å². The van der Waals surface area contributed by atoms with Crippen LogP contribution in [0.3, 0.4) is 0 Å². The van der Waals surface area contributed by atoms with Crippen LogP contribution in [-0.2, 0) is 4.79 Å². The molecule has 3 fully saturated rings. The SMILES string of the molecule is Cc1nc(C2CCC(F)CC2C(=O)NC2(C#N)CC2)c(-c2ccc(N3CCC(F)(F)CC3)cc2)s1. The van der Waals surface area contributed by atoms with Crippen molar-refractivity contribution >= 4 is 22.9 Å². The zero-order chi connectivity index (χ0) is 24.8. The van der Waals surface area contributed by atoms with E-state index in [9.17, 15) is 23.2 Å². The van der Waals surface area contributed by atoms with Crippen LogP contribution < -0.4 is 10.2 Å². The minimum atomic E-state index is -2.58. The number of alkyl halides is 3. The van der Waals surface area contributed by atoms with Crippen molar-refractivity contribution in [3.05, 3.63) is 35.0 Å². The average molecular weight is 503 g/mol. The Morgan fingerprint density at radius 2 is 1.86 bits per heavy atom. The first-order chi connectivity index (χ1) is 16.7. The van der Waals surface area contributed by atoms with Gasteiger partial charge in [0, 0.05) is 43.5 Å². The molecule has 1 saturated heterocycles. The molecule has 1 aromatic carbocycles. The molecular weight excluding hydrogens is 473 g/mol. The van der Waals surface area contributed by atoms with Gasteiger partial charge in [0.1, 0.15) is 11.7 Å². The summed E-state index contributed by atoms with van der Waals surface area (Å²) in [4.78, 5) is 20.9. The molecule has 2 saturated carbocycles. The number of benzene rings is 1. The van der Waals surface area contributed by atoms with E-state index in [0.717, 1.165) is 26.8 Å². The molecule has 2 aromatic rings. The van der Waals surface area contributed by atoms with Crippen molar-refractivity contribution in [2.75, 3.05) is 18.0 Å². The number of anilines is 1. The van der Waals surface area contributed by atoms with Crippen LogP contribution in [0, 0.1) is 24.2 Å². The van der Waals surface area contributed by atoms with Crippen LogP contribution in [0.1, 0.15) is 61.6 Å². The molecular formula is C26H29F3N4OS. The third-order valence-corrected chi connectivity index (χ3v) is 8.59. The maximum absolute atomic E-state index is 14.4. The van der Waals surface area contributed by atoms with E-state index in [-0.39, 0.29) is 31.1 Å². The average Bonchev–Trinajstić information content (AvgIpc) is 3.51. The van der Waals surface area contributed by atoms with Gasteiger partial charge >= 0.3 is 0 Å². The Balaban J connectivity index is 1.39. The summed E-state index contributed by atoms with van der Waals surface area (Å²) in [5.41, 5.74) is 1.88. The van der Waals surface area contributed by atoms with Crippen molar-refractivity contribution in [1.29, 1.82) is 5.26 Å². The summed E-state index contributed by atoms with van der Waals surface area (Å²) in [5.74, 6) is -3.64. The van der Waals surface area contributed by atoms with Gasteiger partial charge in [-0.3, -0.25) is 4.79 Å². The van der Waals surface area contributed by atoms with Crippen LogP contribution in [-0.4, -0.2) is 41.6 Å². The molecule has 1 aliphatic heterocycles. The summed E-state index contributed by atoms with van der Waals surface area (Å²) >= 11 is 1.55. The van der Waals surface area contributed by atoms with Gasteiger partial charge in [-0.2, -0.15) is 5.26 Å². The molecule has 3 aliphatic rings. The number of hydrogen-bond donors (Lipinski definition) is 1. The second kappa shape index (κ2) is 9.12. The summed E-state index contributed by atoms with van der Waals surface area (Å²) in [6.45, 7) is 2.57. The van der Waals surface area contributed by atoms with Crippen LogP contribution >= 0.6 is 11.3 Å². The van der Waals surface area contributed by atoms with E-state index >= 15 is 0 Å². The number of nitrogens with zero attached hydrogens (tertiary/aromatic N) is 3. The van der Waals surface area contributed by atoms with Gasteiger partial charge in [0.05, 0.1) is 21.6 Å². The van der Waals surface area contributed by atoms with Gasteiger partial charge in [-0.05, 0) is 56.7 Å². The monoisotopic (exact) mass is 502 g/mol. The third-order valence-electron chi connectivity index (χ3n) is 7.55. The molecule has 5 rings (SSSR count). The molecule has 0 bridgehead atoms. The minimum Gasteiger partial charge on any atom is -0.371 e. The number of carbonyl (C=O) groups excluding carboxylic acids is 1. The zero-order valence-corrected chi connectivity index (χ0v) is 20.5. The second-order valence-electron chi connectivity index (χ2n) is 10.1. The molecule has 1 aromatic heterocycles. The molecule has 2 heterocycles. The molecule has 9 heteroatoms. The summed E-state index contributed by atoms with van der Waals surface area (Å²) in [7, 11) is 0. The Labute approximate surface area is 207 Å². The maximum atomic E-state index is 14.4. The normalized spacial score (nSPS) is 27.2. The Hall–Kier alpha value is -2.60. The number of rotatable bonds is 5. The highest BCUT2D eigenvalue weighted by atomic mass is 32.1. The van der Waals surface area contributed by atoms with Crippen molar-refractivity contribution in [2.24, 2.45) is 5.92 Å². The molecule has 0 spiro atoms. The van der Waals surface area contributed by atoms with Gasteiger partial charge in [0.2, 0.25) is 5.91 Å². The number of nitriles is 1. The highest BCUT2D eigenvalue weighted by Gasteiger charge is 2.48. The molecule has 3 unspecified atom stereocenters. The van der Waals surface area contributed by atoms with Gasteiger partial charge in [0.15, 0.2) is 0 Å². The summed E-state index contributed by atoms with van der Waals surface area (Å²) < 4.78 is 41.5. The quantitative estimate of drug-likeness (QED) is 0.566. The summed E-state index contributed by atoms with van der Waals surface area (Å²) in [5, 5.41) is 13.1. The number of aromatic nitrogens is 1. The number of nitrogens with one attached hydrogen (secondary N) is 1. The lowest BCUT2D eigenvalue weighted by atomic mass is 9.75. The fourth-order valence-corrected chi connectivity index (χ4v) is 6.27. The smallest absolute Gasteiger partial charge is 0.251 e. The minimum absolute atomic E-state index is 0.132. The number of amides is 1.